The summed E-state index contributed by atoms with van der Waals surface area (Å²) in [7, 11) is 0. The maximum absolute atomic E-state index is 5.59. The van der Waals surface area contributed by atoms with Gasteiger partial charge in [-0.05, 0) is 70.1 Å². The lowest BCUT2D eigenvalue weighted by molar-refractivity contribution is 0.0723. The molecule has 0 amide bonds. The average molecular weight is 196 g/mol. The third-order valence-electron chi connectivity index (χ3n) is 3.59. The van der Waals surface area contributed by atoms with Crippen molar-refractivity contribution in [1.29, 1.82) is 0 Å². The summed E-state index contributed by atoms with van der Waals surface area (Å²) in [6.45, 7) is 5.23. The second kappa shape index (κ2) is 4.65. The van der Waals surface area contributed by atoms with Gasteiger partial charge in [0.2, 0.25) is 0 Å². The van der Waals surface area contributed by atoms with Crippen LogP contribution in [0.4, 0.5) is 0 Å². The zero-order chi connectivity index (χ0) is 9.97. The smallest absolute Gasteiger partial charge is 0.0518 e. The van der Waals surface area contributed by atoms with E-state index in [4.69, 9.17) is 4.74 Å². The summed E-state index contributed by atoms with van der Waals surface area (Å²) in [5, 5.41) is 0. The van der Waals surface area contributed by atoms with Crippen LogP contribution in [0.1, 0.15) is 52.4 Å². The van der Waals surface area contributed by atoms with E-state index in [-0.39, 0.29) is 0 Å². The molecule has 0 aromatic carbocycles. The third-order valence-corrected chi connectivity index (χ3v) is 3.59. The van der Waals surface area contributed by atoms with Gasteiger partial charge in [0.05, 0.1) is 6.10 Å². The van der Waals surface area contributed by atoms with Crippen molar-refractivity contribution < 1.29 is 4.74 Å². The highest BCUT2D eigenvalue weighted by Gasteiger charge is 2.40. The van der Waals surface area contributed by atoms with Crippen molar-refractivity contribution in [1.82, 2.24) is 0 Å². The molecule has 0 aliphatic heterocycles. The van der Waals surface area contributed by atoms with Gasteiger partial charge >= 0.3 is 0 Å². The maximum Gasteiger partial charge on any atom is 0.0518 e. The molecule has 2 saturated carbocycles. The Labute approximate surface area is 88.2 Å². The molecule has 1 nitrogen and oxygen atoms in total. The molecular weight excluding hydrogens is 172 g/mol. The summed E-state index contributed by atoms with van der Waals surface area (Å²) in [5.41, 5.74) is 0. The summed E-state index contributed by atoms with van der Waals surface area (Å²) in [5.74, 6) is 3.30. The topological polar surface area (TPSA) is 9.23 Å². The molecule has 0 saturated heterocycles. The molecule has 82 valence electrons. The third kappa shape index (κ3) is 3.27. The molecule has 0 N–H and O–H groups in total. The van der Waals surface area contributed by atoms with Crippen LogP contribution < -0.4 is 0 Å². The summed E-state index contributed by atoms with van der Waals surface area (Å²) >= 11 is 0. The van der Waals surface area contributed by atoms with Crippen molar-refractivity contribution in [2.75, 3.05) is 6.61 Å². The van der Waals surface area contributed by atoms with Gasteiger partial charge < -0.3 is 4.74 Å². The van der Waals surface area contributed by atoms with Crippen LogP contribution in [0.25, 0.3) is 0 Å². The Hall–Kier alpha value is -0.0400. The summed E-state index contributed by atoms with van der Waals surface area (Å²) in [4.78, 5) is 0. The molecule has 2 aliphatic carbocycles. The largest absolute Gasteiger partial charge is 0.379 e. The molecule has 14 heavy (non-hydrogen) atoms. The van der Waals surface area contributed by atoms with E-state index in [1.807, 2.05) is 0 Å². The van der Waals surface area contributed by atoms with Crippen LogP contribution in [0.5, 0.6) is 0 Å². The minimum absolute atomic E-state index is 0.412. The standard InChI is InChI=1S/C13H24O/c1-10(2)14-9-3-4-13(11-5-6-11)12-7-8-12/h10-13H,3-9H2,1-2H3. The van der Waals surface area contributed by atoms with Gasteiger partial charge in [-0.2, -0.15) is 0 Å². The molecule has 2 rings (SSSR count). The summed E-state index contributed by atoms with van der Waals surface area (Å²) in [6.07, 6.45) is 9.21. The Balaban J connectivity index is 1.57. The molecular formula is C13H24O. The zero-order valence-corrected chi connectivity index (χ0v) is 9.67. The van der Waals surface area contributed by atoms with E-state index in [1.54, 1.807) is 0 Å². The van der Waals surface area contributed by atoms with E-state index >= 15 is 0 Å². The molecule has 0 spiro atoms. The average Bonchev–Trinajstić information content (AvgIpc) is 2.99. The van der Waals surface area contributed by atoms with Crippen LogP contribution in [0.3, 0.4) is 0 Å². The zero-order valence-electron chi connectivity index (χ0n) is 9.67. The van der Waals surface area contributed by atoms with E-state index < -0.39 is 0 Å². The van der Waals surface area contributed by atoms with Crippen LogP contribution in [-0.2, 0) is 4.74 Å². The quantitative estimate of drug-likeness (QED) is 0.565. The Morgan fingerprint density at radius 3 is 2.07 bits per heavy atom. The fourth-order valence-corrected chi connectivity index (χ4v) is 2.54. The number of hydrogen-bond donors (Lipinski definition) is 0. The second-order valence-corrected chi connectivity index (χ2v) is 5.40. The van der Waals surface area contributed by atoms with Crippen molar-refractivity contribution >= 4 is 0 Å². The van der Waals surface area contributed by atoms with E-state index in [2.05, 4.69) is 13.8 Å². The highest BCUT2D eigenvalue weighted by molar-refractivity contribution is 4.91. The molecule has 0 heterocycles. The van der Waals surface area contributed by atoms with E-state index in [1.165, 1.54) is 38.5 Å². The lowest BCUT2D eigenvalue weighted by Crippen LogP contribution is -2.09. The van der Waals surface area contributed by atoms with Gasteiger partial charge in [-0.15, -0.1) is 0 Å². The molecule has 2 aliphatic rings. The van der Waals surface area contributed by atoms with Crippen LogP contribution >= 0.6 is 0 Å². The molecule has 0 radical (unpaired) electrons. The van der Waals surface area contributed by atoms with Crippen LogP contribution in [0.2, 0.25) is 0 Å². The summed E-state index contributed by atoms with van der Waals surface area (Å²) in [6, 6.07) is 0. The highest BCUT2D eigenvalue weighted by Crippen LogP contribution is 2.51. The van der Waals surface area contributed by atoms with Gasteiger partial charge in [-0.1, -0.05) is 0 Å². The molecule has 0 atom stereocenters. The Bertz CT molecular complexity index is 156. The Morgan fingerprint density at radius 1 is 1.07 bits per heavy atom. The predicted octanol–water partition coefficient (Wildman–Crippen LogP) is 3.63. The minimum atomic E-state index is 0.412. The normalized spacial score (nSPS) is 22.3. The molecule has 0 bridgehead atoms. The lowest BCUT2D eigenvalue weighted by atomic mass is 9.93. The fourth-order valence-electron chi connectivity index (χ4n) is 2.54. The first-order chi connectivity index (χ1) is 6.77. The van der Waals surface area contributed by atoms with E-state index in [0.717, 1.165) is 24.4 Å². The molecule has 0 unspecified atom stereocenters. The van der Waals surface area contributed by atoms with Gasteiger partial charge in [0, 0.05) is 6.61 Å². The van der Waals surface area contributed by atoms with Crippen LogP contribution in [0.15, 0.2) is 0 Å². The Morgan fingerprint density at radius 2 is 1.64 bits per heavy atom. The molecule has 0 aromatic rings. The molecule has 2 fully saturated rings. The van der Waals surface area contributed by atoms with Crippen molar-refractivity contribution in [3.63, 3.8) is 0 Å². The van der Waals surface area contributed by atoms with E-state index in [9.17, 15) is 0 Å². The number of rotatable bonds is 7. The SMILES string of the molecule is CC(C)OCCCC(C1CC1)C1CC1. The second-order valence-electron chi connectivity index (χ2n) is 5.40. The molecule has 0 aromatic heterocycles. The van der Waals surface area contributed by atoms with Crippen LogP contribution in [0, 0.1) is 17.8 Å². The monoisotopic (exact) mass is 196 g/mol. The van der Waals surface area contributed by atoms with E-state index in [0.29, 0.717) is 6.10 Å². The summed E-state index contributed by atoms with van der Waals surface area (Å²) < 4.78 is 5.59. The van der Waals surface area contributed by atoms with Gasteiger partial charge in [0.1, 0.15) is 0 Å². The number of ether oxygens (including phenoxy) is 1. The predicted molar refractivity (Wildman–Crippen MR) is 59.3 cm³/mol. The van der Waals surface area contributed by atoms with Crippen molar-refractivity contribution in [3.05, 3.63) is 0 Å². The van der Waals surface area contributed by atoms with Crippen molar-refractivity contribution in [2.45, 2.75) is 58.5 Å². The van der Waals surface area contributed by atoms with Crippen molar-refractivity contribution in [3.8, 4) is 0 Å². The highest BCUT2D eigenvalue weighted by atomic mass is 16.5. The van der Waals surface area contributed by atoms with Crippen molar-refractivity contribution in [2.24, 2.45) is 17.8 Å². The van der Waals surface area contributed by atoms with Gasteiger partial charge in [-0.25, -0.2) is 0 Å². The first-order valence-electron chi connectivity index (χ1n) is 6.39. The maximum atomic E-state index is 5.59. The van der Waals surface area contributed by atoms with Gasteiger partial charge in [0.25, 0.3) is 0 Å². The Kier molecular flexibility index (Phi) is 3.48. The lowest BCUT2D eigenvalue weighted by Gasteiger charge is -2.15. The van der Waals surface area contributed by atoms with Crippen LogP contribution in [-0.4, -0.2) is 12.7 Å². The molecule has 1 heteroatoms. The minimum Gasteiger partial charge on any atom is -0.379 e. The number of hydrogen-bond acceptors (Lipinski definition) is 1. The first kappa shape index (κ1) is 10.5. The first-order valence-corrected chi connectivity index (χ1v) is 6.39. The fraction of sp³-hybridized carbons (Fsp3) is 1.00. The van der Waals surface area contributed by atoms with Gasteiger partial charge in [-0.3, -0.25) is 0 Å². The van der Waals surface area contributed by atoms with Gasteiger partial charge in [0.15, 0.2) is 0 Å².